The summed E-state index contributed by atoms with van der Waals surface area (Å²) in [4.78, 5) is 15.1. The van der Waals surface area contributed by atoms with Gasteiger partial charge >= 0.3 is 0 Å². The molecule has 1 aliphatic carbocycles. The smallest absolute Gasteiger partial charge is 0.286 e. The summed E-state index contributed by atoms with van der Waals surface area (Å²) in [5.41, 5.74) is 6.33. The van der Waals surface area contributed by atoms with Crippen LogP contribution in [0, 0.1) is 17.8 Å². The van der Waals surface area contributed by atoms with E-state index in [1.165, 1.54) is 0 Å². The fourth-order valence-corrected chi connectivity index (χ4v) is 5.81. The summed E-state index contributed by atoms with van der Waals surface area (Å²) >= 11 is 0. The van der Waals surface area contributed by atoms with Gasteiger partial charge in [-0.3, -0.25) is 4.79 Å². The number of anilines is 1. The van der Waals surface area contributed by atoms with Gasteiger partial charge in [0.2, 0.25) is 5.91 Å². The van der Waals surface area contributed by atoms with Crippen molar-refractivity contribution in [2.45, 2.75) is 43.4 Å². The predicted molar refractivity (Wildman–Crippen MR) is 108 cm³/mol. The molecule has 1 saturated carbocycles. The summed E-state index contributed by atoms with van der Waals surface area (Å²) in [6.07, 6.45) is 5.54. The van der Waals surface area contributed by atoms with Crippen LogP contribution >= 0.6 is 0 Å². The molecule has 4 rings (SSSR count). The van der Waals surface area contributed by atoms with Crippen LogP contribution in [0.5, 0.6) is 0 Å². The fraction of sp³-hybridized carbons (Fsp3) is 0.600. The number of benzene rings is 1. The van der Waals surface area contributed by atoms with Gasteiger partial charge in [-0.05, 0) is 63.1 Å². The molecular weight excluding hydrogens is 376 g/mol. The van der Waals surface area contributed by atoms with E-state index in [2.05, 4.69) is 9.71 Å². The van der Waals surface area contributed by atoms with Crippen LogP contribution < -0.4 is 11.1 Å². The second-order valence-electron chi connectivity index (χ2n) is 8.15. The molecule has 0 radical (unpaired) electrons. The van der Waals surface area contributed by atoms with Crippen molar-refractivity contribution in [3.8, 4) is 0 Å². The number of piperidine rings is 1. The summed E-state index contributed by atoms with van der Waals surface area (Å²) < 4.78 is 29.1. The van der Waals surface area contributed by atoms with E-state index in [0.29, 0.717) is 30.5 Å². The summed E-state index contributed by atoms with van der Waals surface area (Å²) in [7, 11) is -3.70. The molecular formula is C20H28N4O3S. The molecule has 1 saturated heterocycles. The number of likely N-dealkylation sites (tertiary alicyclic amines) is 1. The number of nitrogens with one attached hydrogen (secondary N) is 1. The zero-order valence-corrected chi connectivity index (χ0v) is 16.8. The van der Waals surface area contributed by atoms with Gasteiger partial charge in [-0.15, -0.1) is 4.40 Å². The van der Waals surface area contributed by atoms with E-state index in [0.717, 1.165) is 45.1 Å². The van der Waals surface area contributed by atoms with Gasteiger partial charge in [0.25, 0.3) is 10.0 Å². The molecule has 2 heterocycles. The predicted octanol–water partition coefficient (Wildman–Crippen LogP) is 2.20. The number of para-hydroxylation sites is 1. The van der Waals surface area contributed by atoms with Crippen LogP contribution in [-0.4, -0.2) is 44.7 Å². The molecule has 1 amide bonds. The van der Waals surface area contributed by atoms with E-state index in [1.54, 1.807) is 24.3 Å². The van der Waals surface area contributed by atoms with Gasteiger partial charge in [0.1, 0.15) is 10.7 Å². The molecule has 1 aromatic carbocycles. The second-order valence-corrected chi connectivity index (χ2v) is 9.72. The Hall–Kier alpha value is -1.93. The standard InChI is InChI=1S/C20H28N4O3S/c21-12-14-7-9-15(10-8-14)20(25)24-11-3-4-16(13-24)19-22-17-5-1-2-6-18(17)28(26,27)23-19/h1-2,5-6,14-16H,3-4,7-13,21H2,(H,22,23)/t14?,15?,16-/m0/s1. The van der Waals surface area contributed by atoms with E-state index in [9.17, 15) is 13.2 Å². The summed E-state index contributed by atoms with van der Waals surface area (Å²) in [5, 5.41) is 3.19. The normalized spacial score (nSPS) is 29.4. The first-order valence-electron chi connectivity index (χ1n) is 10.2. The number of hydrogen-bond acceptors (Lipinski definition) is 5. The Morgan fingerprint density at radius 3 is 2.68 bits per heavy atom. The van der Waals surface area contributed by atoms with Crippen LogP contribution in [0.1, 0.15) is 38.5 Å². The number of nitrogens with zero attached hydrogens (tertiary/aromatic N) is 2. The minimum absolute atomic E-state index is 0.0762. The Balaban J connectivity index is 1.46. The monoisotopic (exact) mass is 404 g/mol. The number of hydrogen-bond donors (Lipinski definition) is 2. The van der Waals surface area contributed by atoms with Crippen molar-refractivity contribution in [3.63, 3.8) is 0 Å². The Bertz CT molecular complexity index is 875. The highest BCUT2D eigenvalue weighted by Crippen LogP contribution is 2.33. The summed E-state index contributed by atoms with van der Waals surface area (Å²) in [6, 6.07) is 6.81. The average molecular weight is 405 g/mol. The first-order chi connectivity index (χ1) is 13.5. The van der Waals surface area contributed by atoms with Gasteiger partial charge < -0.3 is 16.0 Å². The van der Waals surface area contributed by atoms with E-state index in [4.69, 9.17) is 5.73 Å². The molecule has 7 nitrogen and oxygen atoms in total. The molecule has 1 aromatic rings. The molecule has 2 fully saturated rings. The number of amidine groups is 1. The van der Waals surface area contributed by atoms with Crippen molar-refractivity contribution in [1.82, 2.24) is 4.90 Å². The Morgan fingerprint density at radius 2 is 1.93 bits per heavy atom. The maximum atomic E-state index is 13.0. The Kier molecular flexibility index (Phi) is 5.42. The SMILES string of the molecule is NCC1CCC(C(=O)N2CCC[C@H](C3=NS(=O)(=O)c4ccccc4N3)C2)CC1. The van der Waals surface area contributed by atoms with Gasteiger partial charge in [-0.2, -0.15) is 8.42 Å². The molecule has 152 valence electrons. The third-order valence-electron chi connectivity index (χ3n) is 6.30. The van der Waals surface area contributed by atoms with Crippen molar-refractivity contribution in [1.29, 1.82) is 0 Å². The maximum Gasteiger partial charge on any atom is 0.286 e. The van der Waals surface area contributed by atoms with Gasteiger partial charge in [0.05, 0.1) is 5.69 Å². The van der Waals surface area contributed by atoms with E-state index in [-0.39, 0.29) is 22.6 Å². The number of carbonyl (C=O) groups is 1. The lowest BCUT2D eigenvalue weighted by Gasteiger charge is -2.37. The molecule has 0 spiro atoms. The summed E-state index contributed by atoms with van der Waals surface area (Å²) in [5.74, 6) is 1.21. The fourth-order valence-electron chi connectivity index (χ4n) is 4.61. The minimum atomic E-state index is -3.70. The van der Waals surface area contributed by atoms with Crippen LogP contribution in [0.3, 0.4) is 0 Å². The second kappa shape index (κ2) is 7.83. The quantitative estimate of drug-likeness (QED) is 0.804. The van der Waals surface area contributed by atoms with Crippen molar-refractivity contribution in [3.05, 3.63) is 24.3 Å². The first kappa shape index (κ1) is 19.4. The van der Waals surface area contributed by atoms with Gasteiger partial charge in [0.15, 0.2) is 0 Å². The van der Waals surface area contributed by atoms with E-state index in [1.807, 2.05) is 4.90 Å². The van der Waals surface area contributed by atoms with Crippen molar-refractivity contribution >= 4 is 27.5 Å². The molecule has 28 heavy (non-hydrogen) atoms. The number of amides is 1. The molecule has 1 atom stereocenters. The molecule has 0 unspecified atom stereocenters. The maximum absolute atomic E-state index is 13.0. The molecule has 2 aliphatic heterocycles. The highest BCUT2D eigenvalue weighted by atomic mass is 32.2. The van der Waals surface area contributed by atoms with Crippen LogP contribution in [0.4, 0.5) is 5.69 Å². The van der Waals surface area contributed by atoms with Gasteiger partial charge in [-0.1, -0.05) is 12.1 Å². The topological polar surface area (TPSA) is 105 Å². The third kappa shape index (κ3) is 3.80. The van der Waals surface area contributed by atoms with Crippen LogP contribution in [0.15, 0.2) is 33.6 Å². The van der Waals surface area contributed by atoms with E-state index >= 15 is 0 Å². The zero-order chi connectivity index (χ0) is 19.7. The lowest BCUT2D eigenvalue weighted by molar-refractivity contribution is -0.138. The highest BCUT2D eigenvalue weighted by Gasteiger charge is 2.35. The minimum Gasteiger partial charge on any atom is -0.342 e. The number of rotatable bonds is 3. The van der Waals surface area contributed by atoms with Crippen molar-refractivity contribution in [2.24, 2.45) is 27.9 Å². The Morgan fingerprint density at radius 1 is 1.18 bits per heavy atom. The molecule has 0 bridgehead atoms. The van der Waals surface area contributed by atoms with Crippen molar-refractivity contribution in [2.75, 3.05) is 25.0 Å². The molecule has 3 aliphatic rings. The first-order valence-corrected chi connectivity index (χ1v) is 11.6. The van der Waals surface area contributed by atoms with Crippen molar-refractivity contribution < 1.29 is 13.2 Å². The number of nitrogens with two attached hydrogens (primary N) is 1. The lowest BCUT2D eigenvalue weighted by atomic mass is 9.81. The zero-order valence-electron chi connectivity index (χ0n) is 16.0. The van der Waals surface area contributed by atoms with Crippen LogP contribution in [0.2, 0.25) is 0 Å². The largest absolute Gasteiger partial charge is 0.342 e. The third-order valence-corrected chi connectivity index (χ3v) is 7.64. The van der Waals surface area contributed by atoms with E-state index < -0.39 is 10.0 Å². The Labute approximate surface area is 166 Å². The molecule has 8 heteroatoms. The van der Waals surface area contributed by atoms with Gasteiger partial charge in [0, 0.05) is 24.9 Å². The average Bonchev–Trinajstić information content (AvgIpc) is 2.73. The lowest BCUT2D eigenvalue weighted by Crippen LogP contribution is -2.47. The van der Waals surface area contributed by atoms with Gasteiger partial charge in [-0.25, -0.2) is 0 Å². The van der Waals surface area contributed by atoms with Crippen LogP contribution in [0.25, 0.3) is 0 Å². The molecule has 0 aromatic heterocycles. The molecule has 3 N–H and O–H groups in total. The van der Waals surface area contributed by atoms with Crippen LogP contribution in [-0.2, 0) is 14.8 Å². The number of fused-ring (bicyclic) bond motifs is 1. The summed E-state index contributed by atoms with van der Waals surface area (Å²) in [6.45, 7) is 1.97. The number of sulfonamides is 1. The highest BCUT2D eigenvalue weighted by molar-refractivity contribution is 7.90. The number of carbonyl (C=O) groups excluding carboxylic acids is 1.